The Kier molecular flexibility index (Phi) is 5.21. The van der Waals surface area contributed by atoms with Gasteiger partial charge in [-0.1, -0.05) is 30.7 Å². The van der Waals surface area contributed by atoms with Crippen LogP contribution in [-0.4, -0.2) is 44.2 Å². The normalized spacial score (nSPS) is 17.5. The molecule has 3 N–H and O–H groups in total. The number of fused-ring (bicyclic) bond motifs is 1. The van der Waals surface area contributed by atoms with Crippen molar-refractivity contribution >= 4 is 16.9 Å². The number of likely N-dealkylation sites (tertiary alicyclic amines) is 1. The molecule has 0 bridgehead atoms. The van der Waals surface area contributed by atoms with Crippen molar-refractivity contribution in [3.63, 3.8) is 0 Å². The minimum atomic E-state index is 0.132. The molecule has 1 saturated heterocycles. The summed E-state index contributed by atoms with van der Waals surface area (Å²) < 4.78 is 7.58. The summed E-state index contributed by atoms with van der Waals surface area (Å²) in [7, 11) is 0. The number of nitrogens with two attached hydrogens (primary N) is 1. The van der Waals surface area contributed by atoms with Crippen LogP contribution in [0.3, 0.4) is 0 Å². The summed E-state index contributed by atoms with van der Waals surface area (Å²) in [6.07, 6.45) is 6.24. The van der Waals surface area contributed by atoms with Crippen LogP contribution in [0.5, 0.6) is 11.9 Å². The third-order valence-corrected chi connectivity index (χ3v) is 6.35. The summed E-state index contributed by atoms with van der Waals surface area (Å²) >= 11 is 0. The Morgan fingerprint density at radius 2 is 1.80 bits per heavy atom. The number of aromatic hydroxyl groups is 1. The van der Waals surface area contributed by atoms with E-state index in [0.29, 0.717) is 35.9 Å². The van der Waals surface area contributed by atoms with Gasteiger partial charge in [0, 0.05) is 12.6 Å². The topological polar surface area (TPSA) is 89.4 Å². The van der Waals surface area contributed by atoms with E-state index in [4.69, 9.17) is 10.5 Å². The summed E-state index contributed by atoms with van der Waals surface area (Å²) in [5.41, 5.74) is 9.16. The number of nitrogen functional groups attached to an aromatic ring is 1. The molecule has 2 fully saturated rings. The minimum absolute atomic E-state index is 0.132. The standard InChI is InChI=1S/C23H29N5O2/c24-21-19-12-20(29)28(22(19)26-23(25-21)30-15-16-5-3-6-16)14-18-8-4-7-17(11-18)13-27-9-1-2-10-27/h4,7-8,11-12,16,29H,1-3,5-6,9-10,13-15H2,(H2,24,25,26). The smallest absolute Gasteiger partial charge is 0.320 e. The minimum Gasteiger partial charge on any atom is -0.494 e. The van der Waals surface area contributed by atoms with Crippen molar-refractivity contribution in [2.24, 2.45) is 5.92 Å². The van der Waals surface area contributed by atoms with E-state index in [1.54, 1.807) is 10.6 Å². The second kappa shape index (κ2) is 8.14. The third kappa shape index (κ3) is 3.94. The van der Waals surface area contributed by atoms with E-state index in [9.17, 15) is 5.11 Å². The molecule has 30 heavy (non-hydrogen) atoms. The van der Waals surface area contributed by atoms with Crippen molar-refractivity contribution < 1.29 is 9.84 Å². The zero-order valence-electron chi connectivity index (χ0n) is 17.3. The number of hydrogen-bond acceptors (Lipinski definition) is 6. The first-order valence-electron chi connectivity index (χ1n) is 10.9. The number of aromatic nitrogens is 3. The van der Waals surface area contributed by atoms with Crippen LogP contribution in [0.15, 0.2) is 30.3 Å². The second-order valence-corrected chi connectivity index (χ2v) is 8.63. The van der Waals surface area contributed by atoms with Crippen molar-refractivity contribution in [3.8, 4) is 11.9 Å². The third-order valence-electron chi connectivity index (χ3n) is 6.35. The van der Waals surface area contributed by atoms with E-state index in [0.717, 1.165) is 12.1 Å². The molecule has 0 amide bonds. The van der Waals surface area contributed by atoms with E-state index < -0.39 is 0 Å². The lowest BCUT2D eigenvalue weighted by molar-refractivity contribution is 0.170. The van der Waals surface area contributed by atoms with Gasteiger partial charge in [-0.15, -0.1) is 0 Å². The van der Waals surface area contributed by atoms with Crippen molar-refractivity contribution in [2.75, 3.05) is 25.4 Å². The van der Waals surface area contributed by atoms with Crippen LogP contribution in [0.25, 0.3) is 11.0 Å². The van der Waals surface area contributed by atoms with E-state index in [1.807, 2.05) is 0 Å². The monoisotopic (exact) mass is 407 g/mol. The molecule has 7 heteroatoms. The lowest BCUT2D eigenvalue weighted by Gasteiger charge is -2.24. The molecule has 5 rings (SSSR count). The summed E-state index contributed by atoms with van der Waals surface area (Å²) in [5.74, 6) is 1.05. The fourth-order valence-electron chi connectivity index (χ4n) is 4.39. The van der Waals surface area contributed by atoms with E-state index in [1.165, 1.54) is 50.8 Å². The van der Waals surface area contributed by atoms with Gasteiger partial charge in [-0.2, -0.15) is 9.97 Å². The average Bonchev–Trinajstić information content (AvgIpc) is 3.30. The van der Waals surface area contributed by atoms with E-state index in [2.05, 4.69) is 39.1 Å². The predicted molar refractivity (Wildman–Crippen MR) is 116 cm³/mol. The van der Waals surface area contributed by atoms with Crippen LogP contribution in [0.4, 0.5) is 5.82 Å². The van der Waals surface area contributed by atoms with Crippen LogP contribution < -0.4 is 10.5 Å². The molecule has 3 heterocycles. The highest BCUT2D eigenvalue weighted by molar-refractivity contribution is 5.88. The summed E-state index contributed by atoms with van der Waals surface area (Å²) in [6.45, 7) is 4.46. The molecule has 0 atom stereocenters. The molecule has 1 aliphatic carbocycles. The van der Waals surface area contributed by atoms with Gasteiger partial charge in [0.05, 0.1) is 18.5 Å². The van der Waals surface area contributed by atoms with Gasteiger partial charge in [-0.25, -0.2) is 0 Å². The van der Waals surface area contributed by atoms with Crippen molar-refractivity contribution in [1.29, 1.82) is 0 Å². The maximum Gasteiger partial charge on any atom is 0.320 e. The molecule has 2 aliphatic rings. The largest absolute Gasteiger partial charge is 0.494 e. The van der Waals surface area contributed by atoms with Crippen LogP contribution >= 0.6 is 0 Å². The fourth-order valence-corrected chi connectivity index (χ4v) is 4.39. The first-order valence-corrected chi connectivity index (χ1v) is 10.9. The number of anilines is 1. The van der Waals surface area contributed by atoms with Gasteiger partial charge in [0.1, 0.15) is 5.82 Å². The van der Waals surface area contributed by atoms with E-state index >= 15 is 0 Å². The Bertz CT molecular complexity index is 1040. The predicted octanol–water partition coefficient (Wildman–Crippen LogP) is 3.54. The Hall–Kier alpha value is -2.80. The first-order chi connectivity index (χ1) is 14.7. The van der Waals surface area contributed by atoms with Crippen LogP contribution in [0.2, 0.25) is 0 Å². The number of benzene rings is 1. The molecule has 0 unspecified atom stereocenters. The maximum absolute atomic E-state index is 10.6. The Labute approximate surface area is 176 Å². The molecule has 158 valence electrons. The molecular weight excluding hydrogens is 378 g/mol. The van der Waals surface area contributed by atoms with Crippen molar-refractivity contribution in [1.82, 2.24) is 19.4 Å². The van der Waals surface area contributed by atoms with Gasteiger partial charge in [0.15, 0.2) is 11.5 Å². The molecule has 3 aromatic rings. The second-order valence-electron chi connectivity index (χ2n) is 8.63. The molecule has 2 aromatic heterocycles. The van der Waals surface area contributed by atoms with Gasteiger partial charge in [-0.05, 0) is 55.8 Å². The van der Waals surface area contributed by atoms with Crippen LogP contribution in [0, 0.1) is 5.92 Å². The molecule has 1 saturated carbocycles. The Balaban J connectivity index is 1.39. The molecular formula is C23H29N5O2. The number of nitrogens with zero attached hydrogens (tertiary/aromatic N) is 4. The fraction of sp³-hybridized carbons (Fsp3) is 0.478. The van der Waals surface area contributed by atoms with Gasteiger partial charge in [0.2, 0.25) is 0 Å². The lowest BCUT2D eigenvalue weighted by atomic mass is 9.86. The maximum atomic E-state index is 10.6. The highest BCUT2D eigenvalue weighted by Crippen LogP contribution is 2.31. The number of rotatable bonds is 7. The SMILES string of the molecule is Nc1nc(OCC2CCC2)nc2c1cc(O)n2Cc1cccc(CN2CCCC2)c1. The van der Waals surface area contributed by atoms with Gasteiger partial charge in [-0.3, -0.25) is 9.47 Å². The molecule has 0 radical (unpaired) electrons. The summed E-state index contributed by atoms with van der Waals surface area (Å²) in [6, 6.07) is 10.5. The van der Waals surface area contributed by atoms with Gasteiger partial charge >= 0.3 is 6.01 Å². The Morgan fingerprint density at radius 3 is 2.53 bits per heavy atom. The summed E-state index contributed by atoms with van der Waals surface area (Å²) in [5, 5.41) is 11.2. The van der Waals surface area contributed by atoms with Crippen LogP contribution in [-0.2, 0) is 13.1 Å². The molecule has 0 spiro atoms. The highest BCUT2D eigenvalue weighted by Gasteiger charge is 2.20. The zero-order chi connectivity index (χ0) is 20.5. The first kappa shape index (κ1) is 19.2. The van der Waals surface area contributed by atoms with Gasteiger partial charge in [0.25, 0.3) is 0 Å². The quantitative estimate of drug-likeness (QED) is 0.623. The Morgan fingerprint density at radius 1 is 1.03 bits per heavy atom. The van der Waals surface area contributed by atoms with Gasteiger partial charge < -0.3 is 15.6 Å². The summed E-state index contributed by atoms with van der Waals surface area (Å²) in [4.78, 5) is 11.3. The molecule has 1 aliphatic heterocycles. The zero-order valence-corrected chi connectivity index (χ0v) is 17.3. The highest BCUT2D eigenvalue weighted by atomic mass is 16.5. The lowest BCUT2D eigenvalue weighted by Crippen LogP contribution is -2.20. The number of ether oxygens (including phenoxy) is 1. The van der Waals surface area contributed by atoms with Crippen molar-refractivity contribution in [2.45, 2.75) is 45.2 Å². The van der Waals surface area contributed by atoms with Crippen molar-refractivity contribution in [3.05, 3.63) is 41.5 Å². The van der Waals surface area contributed by atoms with E-state index in [-0.39, 0.29) is 11.9 Å². The average molecular weight is 408 g/mol. The number of hydrogen-bond donors (Lipinski definition) is 2. The molecule has 1 aromatic carbocycles. The van der Waals surface area contributed by atoms with Crippen LogP contribution in [0.1, 0.15) is 43.2 Å². The molecule has 7 nitrogen and oxygen atoms in total.